The topological polar surface area (TPSA) is 61.7 Å². The average Bonchev–Trinajstić information content (AvgIpc) is 2.86. The SMILES string of the molecule is N#CC1(c2ncc(-c3ccc(Br)s3)[nH]2)COC1. The van der Waals surface area contributed by atoms with Crippen LogP contribution in [-0.4, -0.2) is 23.2 Å². The molecule has 2 aromatic heterocycles. The van der Waals surface area contributed by atoms with Gasteiger partial charge in [-0.2, -0.15) is 5.26 Å². The molecule has 0 bridgehead atoms. The van der Waals surface area contributed by atoms with Crippen LogP contribution in [0.4, 0.5) is 0 Å². The van der Waals surface area contributed by atoms with Crippen molar-refractivity contribution in [3.8, 4) is 16.6 Å². The van der Waals surface area contributed by atoms with E-state index in [0.717, 1.165) is 14.4 Å². The first-order valence-electron chi connectivity index (χ1n) is 5.04. The summed E-state index contributed by atoms with van der Waals surface area (Å²) in [5.74, 6) is 0.700. The molecule has 0 unspecified atom stereocenters. The minimum absolute atomic E-state index is 0.421. The summed E-state index contributed by atoms with van der Waals surface area (Å²) in [5, 5.41) is 9.18. The van der Waals surface area contributed by atoms with Crippen molar-refractivity contribution in [2.45, 2.75) is 5.41 Å². The first-order chi connectivity index (χ1) is 8.23. The van der Waals surface area contributed by atoms with Crippen molar-refractivity contribution in [2.75, 3.05) is 13.2 Å². The molecular formula is C11H8BrN3OS. The molecule has 1 fully saturated rings. The van der Waals surface area contributed by atoms with E-state index in [0.29, 0.717) is 19.0 Å². The smallest absolute Gasteiger partial charge is 0.161 e. The Hall–Kier alpha value is -1.16. The van der Waals surface area contributed by atoms with Crippen LogP contribution in [0.25, 0.3) is 10.6 Å². The van der Waals surface area contributed by atoms with Gasteiger partial charge in [0.25, 0.3) is 0 Å². The lowest BCUT2D eigenvalue weighted by atomic mass is 9.87. The van der Waals surface area contributed by atoms with Crippen molar-refractivity contribution in [1.29, 1.82) is 5.26 Å². The minimum atomic E-state index is -0.577. The summed E-state index contributed by atoms with van der Waals surface area (Å²) in [6, 6.07) is 6.29. The molecule has 4 nitrogen and oxygen atoms in total. The standard InChI is InChI=1S/C11H8BrN3OS/c12-9-2-1-8(17-9)7-3-14-10(15-7)11(4-13)5-16-6-11/h1-3H,5-6H2,(H,14,15). The highest BCUT2D eigenvalue weighted by Crippen LogP contribution is 2.34. The molecule has 1 N–H and O–H groups in total. The Kier molecular flexibility index (Phi) is 2.54. The van der Waals surface area contributed by atoms with Gasteiger partial charge in [-0.05, 0) is 28.1 Å². The van der Waals surface area contributed by atoms with Crippen LogP contribution in [0.2, 0.25) is 0 Å². The zero-order valence-corrected chi connectivity index (χ0v) is 11.1. The number of nitrogens with one attached hydrogen (secondary N) is 1. The Morgan fingerprint density at radius 3 is 2.88 bits per heavy atom. The molecule has 0 amide bonds. The number of rotatable bonds is 2. The fourth-order valence-corrected chi connectivity index (χ4v) is 3.06. The van der Waals surface area contributed by atoms with Crippen LogP contribution in [0.3, 0.4) is 0 Å². The van der Waals surface area contributed by atoms with Gasteiger partial charge in [0.1, 0.15) is 5.82 Å². The lowest BCUT2D eigenvalue weighted by molar-refractivity contribution is -0.0335. The second-order valence-electron chi connectivity index (χ2n) is 3.94. The summed E-state index contributed by atoms with van der Waals surface area (Å²) in [6.07, 6.45) is 1.77. The third kappa shape index (κ3) is 1.71. The van der Waals surface area contributed by atoms with Gasteiger partial charge in [-0.3, -0.25) is 0 Å². The normalized spacial score (nSPS) is 17.4. The summed E-state index contributed by atoms with van der Waals surface area (Å²) >= 11 is 5.06. The molecule has 2 aromatic rings. The van der Waals surface area contributed by atoms with Gasteiger partial charge in [0.05, 0.1) is 39.8 Å². The van der Waals surface area contributed by atoms with Gasteiger partial charge >= 0.3 is 0 Å². The molecule has 86 valence electrons. The molecule has 1 saturated heterocycles. The van der Waals surface area contributed by atoms with E-state index in [1.807, 2.05) is 12.1 Å². The Balaban J connectivity index is 1.96. The number of nitrogens with zero attached hydrogens (tertiary/aromatic N) is 2. The van der Waals surface area contributed by atoms with E-state index in [-0.39, 0.29) is 0 Å². The van der Waals surface area contributed by atoms with E-state index in [9.17, 15) is 5.26 Å². The highest BCUT2D eigenvalue weighted by molar-refractivity contribution is 9.11. The van der Waals surface area contributed by atoms with Crippen LogP contribution >= 0.6 is 27.3 Å². The molecule has 0 atom stereocenters. The zero-order chi connectivity index (χ0) is 11.9. The van der Waals surface area contributed by atoms with Crippen LogP contribution in [0.5, 0.6) is 0 Å². The van der Waals surface area contributed by atoms with Gasteiger partial charge in [-0.1, -0.05) is 0 Å². The first kappa shape index (κ1) is 11.0. The van der Waals surface area contributed by atoms with Gasteiger partial charge in [0, 0.05) is 0 Å². The van der Waals surface area contributed by atoms with E-state index in [2.05, 4.69) is 32.0 Å². The number of H-pyrrole nitrogens is 1. The van der Waals surface area contributed by atoms with E-state index < -0.39 is 5.41 Å². The van der Waals surface area contributed by atoms with Gasteiger partial charge in [0.2, 0.25) is 0 Å². The fourth-order valence-electron chi connectivity index (χ4n) is 1.71. The van der Waals surface area contributed by atoms with Crippen LogP contribution < -0.4 is 0 Å². The minimum Gasteiger partial charge on any atom is -0.377 e. The second-order valence-corrected chi connectivity index (χ2v) is 6.40. The Morgan fingerprint density at radius 1 is 1.53 bits per heavy atom. The van der Waals surface area contributed by atoms with E-state index in [4.69, 9.17) is 4.74 Å². The van der Waals surface area contributed by atoms with Crippen LogP contribution in [0.15, 0.2) is 22.1 Å². The molecule has 1 aliphatic heterocycles. The van der Waals surface area contributed by atoms with Crippen LogP contribution in [-0.2, 0) is 10.2 Å². The number of ether oxygens (including phenoxy) is 1. The average molecular weight is 310 g/mol. The van der Waals surface area contributed by atoms with Crippen LogP contribution in [0, 0.1) is 11.3 Å². The summed E-state index contributed by atoms with van der Waals surface area (Å²) in [7, 11) is 0. The Morgan fingerprint density at radius 2 is 2.35 bits per heavy atom. The van der Waals surface area contributed by atoms with Crippen molar-refractivity contribution in [1.82, 2.24) is 9.97 Å². The highest BCUT2D eigenvalue weighted by atomic mass is 79.9. The predicted molar refractivity (Wildman–Crippen MR) is 67.7 cm³/mol. The number of aromatic nitrogens is 2. The van der Waals surface area contributed by atoms with Gasteiger partial charge in [0.15, 0.2) is 5.41 Å². The third-order valence-electron chi connectivity index (χ3n) is 2.78. The maximum absolute atomic E-state index is 9.18. The second kappa shape index (κ2) is 3.95. The Labute approximate surface area is 110 Å². The van der Waals surface area contributed by atoms with E-state index in [1.54, 1.807) is 17.5 Å². The molecule has 0 spiro atoms. The molecule has 0 aromatic carbocycles. The summed E-state index contributed by atoms with van der Waals surface area (Å²) < 4.78 is 6.19. The maximum Gasteiger partial charge on any atom is 0.161 e. The third-order valence-corrected chi connectivity index (χ3v) is 4.44. The van der Waals surface area contributed by atoms with Crippen molar-refractivity contribution in [2.24, 2.45) is 0 Å². The molecular weight excluding hydrogens is 302 g/mol. The highest BCUT2D eigenvalue weighted by Gasteiger charge is 2.43. The van der Waals surface area contributed by atoms with Crippen molar-refractivity contribution in [3.05, 3.63) is 27.9 Å². The zero-order valence-electron chi connectivity index (χ0n) is 8.74. The molecule has 3 rings (SSSR count). The van der Waals surface area contributed by atoms with Gasteiger partial charge in [-0.15, -0.1) is 11.3 Å². The maximum atomic E-state index is 9.18. The van der Waals surface area contributed by atoms with Crippen molar-refractivity contribution in [3.63, 3.8) is 0 Å². The first-order valence-corrected chi connectivity index (χ1v) is 6.65. The summed E-state index contributed by atoms with van der Waals surface area (Å²) in [4.78, 5) is 8.61. The molecule has 1 aliphatic rings. The summed E-state index contributed by atoms with van der Waals surface area (Å²) in [6.45, 7) is 0.842. The molecule has 3 heterocycles. The number of nitriles is 1. The molecule has 0 saturated carbocycles. The van der Waals surface area contributed by atoms with E-state index >= 15 is 0 Å². The largest absolute Gasteiger partial charge is 0.377 e. The van der Waals surface area contributed by atoms with E-state index in [1.165, 1.54) is 0 Å². The predicted octanol–water partition coefficient (Wildman–Crippen LogP) is 2.69. The van der Waals surface area contributed by atoms with Crippen molar-refractivity contribution >= 4 is 27.3 Å². The van der Waals surface area contributed by atoms with Crippen LogP contribution in [0.1, 0.15) is 5.82 Å². The summed E-state index contributed by atoms with van der Waals surface area (Å²) in [5.41, 5.74) is 0.365. The molecule has 6 heteroatoms. The quantitative estimate of drug-likeness (QED) is 0.927. The van der Waals surface area contributed by atoms with Gasteiger partial charge in [-0.25, -0.2) is 4.98 Å². The van der Waals surface area contributed by atoms with Gasteiger partial charge < -0.3 is 9.72 Å². The lowest BCUT2D eigenvalue weighted by Crippen LogP contribution is -2.46. The lowest BCUT2D eigenvalue weighted by Gasteiger charge is -2.32. The molecule has 17 heavy (non-hydrogen) atoms. The molecule has 0 aliphatic carbocycles. The number of hydrogen-bond donors (Lipinski definition) is 1. The number of aromatic amines is 1. The number of imidazole rings is 1. The Bertz CT molecular complexity index is 594. The monoisotopic (exact) mass is 309 g/mol. The molecule has 0 radical (unpaired) electrons. The number of halogens is 1. The number of thiophene rings is 1. The van der Waals surface area contributed by atoms with Crippen molar-refractivity contribution < 1.29 is 4.74 Å². The fraction of sp³-hybridized carbons (Fsp3) is 0.273. The number of hydrogen-bond acceptors (Lipinski definition) is 4.